The SMILES string of the molecule is Cc1cc(C(=O)COC(=O)c2cn(C)c3ccccc23)c(C)n1C1CC1. The summed E-state index contributed by atoms with van der Waals surface area (Å²) in [5.41, 5.74) is 4.16. The van der Waals surface area contributed by atoms with Crippen LogP contribution in [0.3, 0.4) is 0 Å². The molecule has 3 aromatic rings. The summed E-state index contributed by atoms with van der Waals surface area (Å²) in [6.45, 7) is 3.74. The minimum absolute atomic E-state index is 0.154. The Morgan fingerprint density at radius 3 is 2.62 bits per heavy atom. The van der Waals surface area contributed by atoms with Crippen molar-refractivity contribution >= 4 is 22.7 Å². The van der Waals surface area contributed by atoms with Gasteiger partial charge in [0.25, 0.3) is 0 Å². The van der Waals surface area contributed by atoms with E-state index in [9.17, 15) is 9.59 Å². The number of esters is 1. The Morgan fingerprint density at radius 1 is 1.15 bits per heavy atom. The van der Waals surface area contributed by atoms with Crippen LogP contribution in [0.15, 0.2) is 36.5 Å². The number of rotatable bonds is 5. The number of carbonyl (C=O) groups is 2. The Hall–Kier alpha value is -2.82. The van der Waals surface area contributed by atoms with Crippen molar-refractivity contribution in [1.29, 1.82) is 0 Å². The first-order valence-electron chi connectivity index (χ1n) is 8.90. The van der Waals surface area contributed by atoms with Crippen molar-refractivity contribution in [3.8, 4) is 0 Å². The van der Waals surface area contributed by atoms with Crippen molar-refractivity contribution in [2.75, 3.05) is 6.61 Å². The summed E-state index contributed by atoms with van der Waals surface area (Å²) >= 11 is 0. The van der Waals surface area contributed by atoms with Crippen LogP contribution >= 0.6 is 0 Å². The smallest absolute Gasteiger partial charge is 0.340 e. The Balaban J connectivity index is 1.51. The highest BCUT2D eigenvalue weighted by Gasteiger charge is 2.28. The number of ether oxygens (including phenoxy) is 1. The average Bonchev–Trinajstić information content (AvgIpc) is 3.34. The molecule has 1 aliphatic rings. The van der Waals surface area contributed by atoms with Crippen LogP contribution in [-0.4, -0.2) is 27.5 Å². The van der Waals surface area contributed by atoms with Crippen molar-refractivity contribution in [3.05, 3.63) is 59.0 Å². The van der Waals surface area contributed by atoms with E-state index in [4.69, 9.17) is 4.74 Å². The summed E-state index contributed by atoms with van der Waals surface area (Å²) in [5.74, 6) is -0.621. The second-order valence-electron chi connectivity index (χ2n) is 7.06. The minimum Gasteiger partial charge on any atom is -0.454 e. The number of aromatic nitrogens is 2. The summed E-state index contributed by atoms with van der Waals surface area (Å²) in [6.07, 6.45) is 4.08. The van der Waals surface area contributed by atoms with E-state index in [0.717, 1.165) is 22.3 Å². The van der Waals surface area contributed by atoms with Gasteiger partial charge in [-0.05, 0) is 38.8 Å². The van der Waals surface area contributed by atoms with Crippen molar-refractivity contribution in [2.24, 2.45) is 7.05 Å². The fraction of sp³-hybridized carbons (Fsp3) is 0.333. The summed E-state index contributed by atoms with van der Waals surface area (Å²) in [6, 6.07) is 10.1. The number of fused-ring (bicyclic) bond motifs is 1. The number of nitrogens with zero attached hydrogens (tertiary/aromatic N) is 2. The number of Topliss-reactive ketones (excluding diaryl/α,β-unsaturated/α-hetero) is 1. The number of aryl methyl sites for hydroxylation is 2. The number of benzene rings is 1. The van der Waals surface area contributed by atoms with Gasteiger partial charge in [0.1, 0.15) is 0 Å². The Bertz CT molecular complexity index is 1020. The lowest BCUT2D eigenvalue weighted by molar-refractivity contribution is 0.0476. The number of ketones is 1. The van der Waals surface area contributed by atoms with Crippen molar-refractivity contribution in [1.82, 2.24) is 9.13 Å². The first-order valence-corrected chi connectivity index (χ1v) is 8.90. The van der Waals surface area contributed by atoms with Gasteiger partial charge in [0.2, 0.25) is 5.78 Å². The van der Waals surface area contributed by atoms with Gasteiger partial charge < -0.3 is 13.9 Å². The van der Waals surface area contributed by atoms with Crippen molar-refractivity contribution in [2.45, 2.75) is 32.7 Å². The highest BCUT2D eigenvalue weighted by atomic mass is 16.5. The average molecular weight is 350 g/mol. The van der Waals surface area contributed by atoms with E-state index >= 15 is 0 Å². The van der Waals surface area contributed by atoms with E-state index in [2.05, 4.69) is 4.57 Å². The zero-order valence-electron chi connectivity index (χ0n) is 15.3. The molecule has 1 aliphatic carbocycles. The molecule has 5 nitrogen and oxygen atoms in total. The molecule has 0 spiro atoms. The molecular formula is C21H22N2O3. The molecule has 2 heterocycles. The fourth-order valence-corrected chi connectivity index (χ4v) is 3.74. The summed E-state index contributed by atoms with van der Waals surface area (Å²) in [4.78, 5) is 25.1. The molecule has 0 saturated heterocycles. The van der Waals surface area contributed by atoms with Gasteiger partial charge in [0.15, 0.2) is 6.61 Å². The van der Waals surface area contributed by atoms with Gasteiger partial charge in [-0.3, -0.25) is 4.79 Å². The summed E-state index contributed by atoms with van der Waals surface area (Å²) in [5, 5.41) is 0.833. The molecule has 0 aliphatic heterocycles. The summed E-state index contributed by atoms with van der Waals surface area (Å²) < 4.78 is 9.44. The topological polar surface area (TPSA) is 53.2 Å². The molecule has 134 valence electrons. The number of hydrogen-bond donors (Lipinski definition) is 0. The van der Waals surface area contributed by atoms with E-state index in [0.29, 0.717) is 17.2 Å². The predicted octanol–water partition coefficient (Wildman–Crippen LogP) is 3.97. The highest BCUT2D eigenvalue weighted by molar-refractivity contribution is 6.06. The van der Waals surface area contributed by atoms with E-state index in [1.165, 1.54) is 12.8 Å². The van der Waals surface area contributed by atoms with Crippen molar-refractivity contribution < 1.29 is 14.3 Å². The molecule has 0 unspecified atom stereocenters. The molecule has 26 heavy (non-hydrogen) atoms. The number of para-hydroxylation sites is 1. The molecule has 0 atom stereocenters. The second-order valence-corrected chi connectivity index (χ2v) is 7.06. The third kappa shape index (κ3) is 2.73. The van der Waals surface area contributed by atoms with Crippen LogP contribution in [0.25, 0.3) is 10.9 Å². The number of hydrogen-bond acceptors (Lipinski definition) is 3. The van der Waals surface area contributed by atoms with Crippen LogP contribution in [0.2, 0.25) is 0 Å². The Kier molecular flexibility index (Phi) is 3.94. The van der Waals surface area contributed by atoms with Crippen LogP contribution in [0, 0.1) is 13.8 Å². The molecule has 0 amide bonds. The largest absolute Gasteiger partial charge is 0.454 e. The second kappa shape index (κ2) is 6.16. The molecule has 5 heteroatoms. The zero-order chi connectivity index (χ0) is 18.4. The number of carbonyl (C=O) groups excluding carboxylic acids is 2. The molecule has 1 saturated carbocycles. The molecule has 1 aromatic carbocycles. The quantitative estimate of drug-likeness (QED) is 0.517. The van der Waals surface area contributed by atoms with Crippen LogP contribution in [-0.2, 0) is 11.8 Å². The van der Waals surface area contributed by atoms with E-state index < -0.39 is 5.97 Å². The monoisotopic (exact) mass is 350 g/mol. The third-order valence-corrected chi connectivity index (χ3v) is 5.15. The van der Waals surface area contributed by atoms with Crippen LogP contribution in [0.5, 0.6) is 0 Å². The maximum atomic E-state index is 12.6. The lowest BCUT2D eigenvalue weighted by atomic mass is 10.1. The molecule has 1 fully saturated rings. The third-order valence-electron chi connectivity index (χ3n) is 5.15. The Labute approximate surface area is 152 Å². The van der Waals surface area contributed by atoms with Gasteiger partial charge >= 0.3 is 5.97 Å². The van der Waals surface area contributed by atoms with Crippen LogP contribution < -0.4 is 0 Å². The molecule has 0 radical (unpaired) electrons. The van der Waals surface area contributed by atoms with Crippen molar-refractivity contribution in [3.63, 3.8) is 0 Å². The minimum atomic E-state index is -0.467. The van der Waals surface area contributed by atoms with E-state index in [1.54, 1.807) is 6.20 Å². The predicted molar refractivity (Wildman–Crippen MR) is 99.7 cm³/mol. The fourth-order valence-electron chi connectivity index (χ4n) is 3.74. The lowest BCUT2D eigenvalue weighted by Gasteiger charge is -2.07. The molecule has 4 rings (SSSR count). The van der Waals surface area contributed by atoms with Crippen LogP contribution in [0.1, 0.15) is 51.0 Å². The molecule has 0 bridgehead atoms. The normalized spacial score (nSPS) is 14.0. The maximum absolute atomic E-state index is 12.6. The Morgan fingerprint density at radius 2 is 1.88 bits per heavy atom. The van der Waals surface area contributed by atoms with Gasteiger partial charge in [-0.25, -0.2) is 4.79 Å². The lowest BCUT2D eigenvalue weighted by Crippen LogP contribution is -2.15. The molecule has 2 aromatic heterocycles. The molecular weight excluding hydrogens is 328 g/mol. The highest BCUT2D eigenvalue weighted by Crippen LogP contribution is 2.38. The molecule has 0 N–H and O–H groups in total. The van der Waals surface area contributed by atoms with Gasteiger partial charge in [-0.1, -0.05) is 18.2 Å². The standard InChI is InChI=1S/C21H22N2O3/c1-13-10-17(14(2)23(13)15-8-9-15)20(24)12-26-21(25)18-11-22(3)19-7-5-4-6-16(18)19/h4-7,10-11,15H,8-9,12H2,1-3H3. The maximum Gasteiger partial charge on any atom is 0.340 e. The van der Waals surface area contributed by atoms with Gasteiger partial charge in [0.05, 0.1) is 5.56 Å². The summed E-state index contributed by atoms with van der Waals surface area (Å²) in [7, 11) is 1.89. The first-order chi connectivity index (χ1) is 12.5. The van der Waals surface area contributed by atoms with E-state index in [-0.39, 0.29) is 12.4 Å². The first kappa shape index (κ1) is 16.6. The van der Waals surface area contributed by atoms with Gasteiger partial charge in [0, 0.05) is 47.1 Å². The van der Waals surface area contributed by atoms with Crippen LogP contribution in [0.4, 0.5) is 0 Å². The zero-order valence-corrected chi connectivity index (χ0v) is 15.3. The van der Waals surface area contributed by atoms with Gasteiger partial charge in [-0.15, -0.1) is 0 Å². The van der Waals surface area contributed by atoms with Gasteiger partial charge in [-0.2, -0.15) is 0 Å². The van der Waals surface area contributed by atoms with E-state index in [1.807, 2.05) is 55.8 Å².